The molecule has 0 aliphatic heterocycles. The molecule has 1 fully saturated rings. The van der Waals surface area contributed by atoms with Crippen LogP contribution < -0.4 is 0 Å². The van der Waals surface area contributed by atoms with Crippen LogP contribution in [-0.4, -0.2) is 10.9 Å². The van der Waals surface area contributed by atoms with Gasteiger partial charge in [-0.15, -0.1) is 0 Å². The molecule has 0 bridgehead atoms. The maximum absolute atomic E-state index is 10.8. The van der Waals surface area contributed by atoms with Gasteiger partial charge in [-0.25, -0.2) is 0 Å². The van der Waals surface area contributed by atoms with Crippen LogP contribution in [0.3, 0.4) is 0 Å². The van der Waals surface area contributed by atoms with E-state index in [2.05, 4.69) is 27.4 Å². The number of rotatable bonds is 3. The van der Waals surface area contributed by atoms with Gasteiger partial charge in [0.05, 0.1) is 5.69 Å². The lowest BCUT2D eigenvalue weighted by atomic mass is 10.3. The molecule has 13 heavy (non-hydrogen) atoms. The molecule has 1 aromatic heterocycles. The van der Waals surface area contributed by atoms with E-state index >= 15 is 0 Å². The van der Waals surface area contributed by atoms with Crippen LogP contribution in [0.15, 0.2) is 10.5 Å². The number of aromatic nitrogens is 1. The maximum atomic E-state index is 10.8. The van der Waals surface area contributed by atoms with E-state index in [0.717, 1.165) is 22.9 Å². The van der Waals surface area contributed by atoms with Crippen molar-refractivity contribution in [3.05, 3.63) is 21.9 Å². The minimum absolute atomic E-state index is 0.585. The third kappa shape index (κ3) is 1.46. The molecule has 1 aliphatic rings. The van der Waals surface area contributed by atoms with Crippen molar-refractivity contribution in [3.8, 4) is 0 Å². The highest BCUT2D eigenvalue weighted by atomic mass is 79.9. The Bertz CT molecular complexity index is 339. The van der Waals surface area contributed by atoms with Crippen molar-refractivity contribution in [3.63, 3.8) is 0 Å². The molecule has 2 nitrogen and oxygen atoms in total. The van der Waals surface area contributed by atoms with E-state index < -0.39 is 0 Å². The number of nitrogens with zero attached hydrogens (tertiary/aromatic N) is 1. The minimum Gasteiger partial charge on any atom is -0.338 e. The maximum Gasteiger partial charge on any atom is 0.166 e. The average molecular weight is 242 g/mol. The van der Waals surface area contributed by atoms with Crippen molar-refractivity contribution in [2.24, 2.45) is 0 Å². The van der Waals surface area contributed by atoms with Crippen molar-refractivity contribution in [2.75, 3.05) is 0 Å². The summed E-state index contributed by atoms with van der Waals surface area (Å²) in [4.78, 5) is 10.8. The van der Waals surface area contributed by atoms with E-state index in [9.17, 15) is 4.79 Å². The van der Waals surface area contributed by atoms with Crippen LogP contribution >= 0.6 is 15.9 Å². The molecular formula is C10H12BrNO. The van der Waals surface area contributed by atoms with Crippen LogP contribution in [0.4, 0.5) is 0 Å². The van der Waals surface area contributed by atoms with Crippen LogP contribution in [0.2, 0.25) is 0 Å². The highest BCUT2D eigenvalue weighted by molar-refractivity contribution is 9.10. The molecule has 3 heteroatoms. The molecule has 0 unspecified atom stereocenters. The van der Waals surface area contributed by atoms with Crippen molar-refractivity contribution in [1.29, 1.82) is 0 Å². The second-order valence-corrected chi connectivity index (χ2v) is 4.29. The number of carbonyl (C=O) groups excluding carboxylic acids is 1. The van der Waals surface area contributed by atoms with Crippen LogP contribution in [0.1, 0.15) is 42.0 Å². The van der Waals surface area contributed by atoms with Crippen molar-refractivity contribution in [1.82, 2.24) is 4.57 Å². The fraction of sp³-hybridized carbons (Fsp3) is 0.500. The van der Waals surface area contributed by atoms with Gasteiger partial charge in [-0.2, -0.15) is 0 Å². The third-order valence-electron chi connectivity index (χ3n) is 2.49. The van der Waals surface area contributed by atoms with Crippen molar-refractivity contribution >= 4 is 22.2 Å². The molecule has 1 heterocycles. The first-order valence-corrected chi connectivity index (χ1v) is 5.42. The second kappa shape index (κ2) is 3.29. The van der Waals surface area contributed by atoms with Crippen LogP contribution in [-0.2, 0) is 6.42 Å². The molecule has 1 saturated carbocycles. The Morgan fingerprint density at radius 3 is 2.85 bits per heavy atom. The Balaban J connectivity index is 2.51. The van der Waals surface area contributed by atoms with Crippen LogP contribution in [0.25, 0.3) is 0 Å². The molecule has 0 spiro atoms. The number of carbonyl (C=O) groups is 1. The second-order valence-electron chi connectivity index (χ2n) is 3.44. The smallest absolute Gasteiger partial charge is 0.166 e. The van der Waals surface area contributed by atoms with E-state index in [-0.39, 0.29) is 0 Å². The summed E-state index contributed by atoms with van der Waals surface area (Å²) < 4.78 is 3.25. The van der Waals surface area contributed by atoms with E-state index in [1.807, 2.05) is 6.07 Å². The Morgan fingerprint density at radius 2 is 2.38 bits per heavy atom. The van der Waals surface area contributed by atoms with Gasteiger partial charge >= 0.3 is 0 Å². The Morgan fingerprint density at radius 1 is 1.69 bits per heavy atom. The van der Waals surface area contributed by atoms with Crippen molar-refractivity contribution < 1.29 is 4.79 Å². The first-order chi connectivity index (χ1) is 6.27. The van der Waals surface area contributed by atoms with Gasteiger partial charge in [0.2, 0.25) is 0 Å². The van der Waals surface area contributed by atoms with Gasteiger partial charge in [0.1, 0.15) is 0 Å². The predicted octanol–water partition coefficient (Wildman–Crippen LogP) is 2.96. The molecule has 70 valence electrons. The molecule has 0 saturated heterocycles. The number of halogens is 1. The van der Waals surface area contributed by atoms with Gasteiger partial charge in [0.15, 0.2) is 6.29 Å². The summed E-state index contributed by atoms with van der Waals surface area (Å²) in [5.74, 6) is 0. The van der Waals surface area contributed by atoms with E-state index in [0.29, 0.717) is 6.04 Å². The summed E-state index contributed by atoms with van der Waals surface area (Å²) in [5, 5.41) is 0. The summed E-state index contributed by atoms with van der Waals surface area (Å²) in [7, 11) is 0. The predicted molar refractivity (Wildman–Crippen MR) is 55.2 cm³/mol. The highest BCUT2D eigenvalue weighted by Gasteiger charge is 2.28. The zero-order valence-corrected chi connectivity index (χ0v) is 9.17. The fourth-order valence-corrected chi connectivity index (χ4v) is 2.45. The highest BCUT2D eigenvalue weighted by Crippen LogP contribution is 2.39. The largest absolute Gasteiger partial charge is 0.338 e. The zero-order valence-electron chi connectivity index (χ0n) is 7.59. The van der Waals surface area contributed by atoms with Gasteiger partial charge in [0, 0.05) is 16.2 Å². The number of hydrogen-bond donors (Lipinski definition) is 0. The Kier molecular flexibility index (Phi) is 2.28. The molecule has 2 rings (SSSR count). The minimum atomic E-state index is 0.585. The molecule has 0 atom stereocenters. The summed E-state index contributed by atoms with van der Waals surface area (Å²) >= 11 is 3.49. The molecule has 1 aliphatic carbocycles. The summed E-state index contributed by atoms with van der Waals surface area (Å²) in [5.41, 5.74) is 2.07. The lowest BCUT2D eigenvalue weighted by Crippen LogP contribution is -2.03. The molecule has 1 aromatic rings. The molecule has 0 amide bonds. The molecule has 0 N–H and O–H groups in total. The summed E-state index contributed by atoms with van der Waals surface area (Å²) in [6.07, 6.45) is 4.36. The standard InChI is InChI=1S/C10H12BrNO/c1-2-10-9(11)5-8(6-13)12(10)7-3-4-7/h5-7H,2-4H2,1H3. The van der Waals surface area contributed by atoms with Gasteiger partial charge in [-0.05, 0) is 41.3 Å². The number of aldehydes is 1. The quantitative estimate of drug-likeness (QED) is 0.747. The third-order valence-corrected chi connectivity index (χ3v) is 3.17. The fourth-order valence-electron chi connectivity index (χ4n) is 1.75. The zero-order chi connectivity index (χ0) is 9.42. The van der Waals surface area contributed by atoms with Crippen LogP contribution in [0.5, 0.6) is 0 Å². The van der Waals surface area contributed by atoms with E-state index in [4.69, 9.17) is 0 Å². The van der Waals surface area contributed by atoms with Gasteiger partial charge in [0.25, 0.3) is 0 Å². The van der Waals surface area contributed by atoms with Gasteiger partial charge in [-0.3, -0.25) is 4.79 Å². The first kappa shape index (κ1) is 9.00. The van der Waals surface area contributed by atoms with Crippen LogP contribution in [0, 0.1) is 0 Å². The average Bonchev–Trinajstić information content (AvgIpc) is 2.90. The number of hydrogen-bond acceptors (Lipinski definition) is 1. The lowest BCUT2D eigenvalue weighted by Gasteiger charge is -2.07. The molecule has 0 aromatic carbocycles. The van der Waals surface area contributed by atoms with Crippen molar-refractivity contribution in [2.45, 2.75) is 32.2 Å². The van der Waals surface area contributed by atoms with E-state index in [1.54, 1.807) is 0 Å². The normalized spacial score (nSPS) is 16.2. The Hall–Kier alpha value is -0.570. The summed E-state index contributed by atoms with van der Waals surface area (Å²) in [6.45, 7) is 2.12. The first-order valence-electron chi connectivity index (χ1n) is 4.62. The Labute approximate surface area is 86.1 Å². The lowest BCUT2D eigenvalue weighted by molar-refractivity contribution is 0.111. The monoisotopic (exact) mass is 241 g/mol. The van der Waals surface area contributed by atoms with Gasteiger partial charge in [-0.1, -0.05) is 6.92 Å². The SMILES string of the molecule is CCc1c(Br)cc(C=O)n1C1CC1. The van der Waals surface area contributed by atoms with E-state index in [1.165, 1.54) is 18.5 Å². The summed E-state index contributed by atoms with van der Waals surface area (Å²) in [6, 6.07) is 2.51. The topological polar surface area (TPSA) is 22.0 Å². The molecule has 0 radical (unpaired) electrons. The van der Waals surface area contributed by atoms with Gasteiger partial charge < -0.3 is 4.57 Å². The molecular weight excluding hydrogens is 230 g/mol.